The van der Waals surface area contributed by atoms with Crippen molar-refractivity contribution in [2.75, 3.05) is 6.61 Å². The fourth-order valence-corrected chi connectivity index (χ4v) is 4.92. The van der Waals surface area contributed by atoms with E-state index in [0.717, 1.165) is 38.4 Å². The average molecular weight is 471 g/mol. The van der Waals surface area contributed by atoms with Gasteiger partial charge in [0, 0.05) is 22.4 Å². The van der Waals surface area contributed by atoms with E-state index in [1.807, 2.05) is 36.0 Å². The van der Waals surface area contributed by atoms with Crippen molar-refractivity contribution in [2.24, 2.45) is 0 Å². The molecule has 1 atom stereocenters. The van der Waals surface area contributed by atoms with Crippen LogP contribution >= 0.6 is 11.3 Å². The van der Waals surface area contributed by atoms with Crippen LogP contribution in [0.15, 0.2) is 17.5 Å². The highest BCUT2D eigenvalue weighted by atomic mass is 32.1. The van der Waals surface area contributed by atoms with Crippen molar-refractivity contribution in [3.05, 3.63) is 44.9 Å². The Hall–Kier alpha value is -2.74. The Morgan fingerprint density at radius 1 is 1.21 bits per heavy atom. The average Bonchev–Trinajstić information content (AvgIpc) is 3.35. The van der Waals surface area contributed by atoms with Gasteiger partial charge in [0.25, 0.3) is 0 Å². The second-order valence-corrected chi connectivity index (χ2v) is 10.3. The summed E-state index contributed by atoms with van der Waals surface area (Å²) in [6.45, 7) is 14.5. The third-order valence-corrected chi connectivity index (χ3v) is 6.70. The van der Waals surface area contributed by atoms with Gasteiger partial charge in [-0.25, -0.2) is 9.67 Å². The van der Waals surface area contributed by atoms with Gasteiger partial charge in [-0.05, 0) is 77.5 Å². The van der Waals surface area contributed by atoms with E-state index >= 15 is 0 Å². The lowest BCUT2D eigenvalue weighted by molar-refractivity contribution is -0.143. The van der Waals surface area contributed by atoms with Crippen molar-refractivity contribution in [3.63, 3.8) is 0 Å². The molecular formula is C25H34N4O3S. The summed E-state index contributed by atoms with van der Waals surface area (Å²) in [7, 11) is 0. The summed E-state index contributed by atoms with van der Waals surface area (Å²) in [4.78, 5) is 30.7. The molecule has 0 aliphatic carbocycles. The maximum atomic E-state index is 12.9. The molecule has 3 rings (SSSR count). The molecule has 1 amide bonds. The van der Waals surface area contributed by atoms with E-state index in [9.17, 15) is 9.59 Å². The molecule has 0 bridgehead atoms. The minimum Gasteiger partial charge on any atom is -0.466 e. The van der Waals surface area contributed by atoms with Gasteiger partial charge >= 0.3 is 5.97 Å². The molecule has 0 aliphatic heterocycles. The second-order valence-electron chi connectivity index (χ2n) is 9.31. The largest absolute Gasteiger partial charge is 0.466 e. The van der Waals surface area contributed by atoms with Crippen molar-refractivity contribution in [2.45, 2.75) is 79.3 Å². The SMILES string of the molecule is CCOC(=O)C[C@@H](NC(=O)CCc1c(C)nc2c(c(C)nn2C(C)(C)C)c1C)c1cccs1. The molecule has 0 spiro atoms. The molecule has 8 heteroatoms. The van der Waals surface area contributed by atoms with Crippen molar-refractivity contribution in [1.29, 1.82) is 0 Å². The third-order valence-electron chi connectivity index (χ3n) is 5.71. The van der Waals surface area contributed by atoms with Crippen molar-refractivity contribution >= 4 is 34.2 Å². The van der Waals surface area contributed by atoms with Crippen LogP contribution in [0.5, 0.6) is 0 Å². The van der Waals surface area contributed by atoms with E-state index in [4.69, 9.17) is 14.8 Å². The van der Waals surface area contributed by atoms with Crippen LogP contribution in [0.4, 0.5) is 0 Å². The van der Waals surface area contributed by atoms with Crippen LogP contribution in [-0.2, 0) is 26.3 Å². The molecule has 0 radical (unpaired) electrons. The Bertz CT molecular complexity index is 1140. The molecule has 1 N–H and O–H groups in total. The normalized spacial score (nSPS) is 12.7. The number of esters is 1. The molecule has 3 aromatic heterocycles. The number of aromatic nitrogens is 3. The van der Waals surface area contributed by atoms with E-state index < -0.39 is 0 Å². The van der Waals surface area contributed by atoms with Crippen molar-refractivity contribution < 1.29 is 14.3 Å². The zero-order valence-electron chi connectivity index (χ0n) is 20.6. The summed E-state index contributed by atoms with van der Waals surface area (Å²) in [5, 5.41) is 10.8. The summed E-state index contributed by atoms with van der Waals surface area (Å²) in [5.74, 6) is -0.414. The number of carbonyl (C=O) groups is 2. The first kappa shape index (κ1) is 24.9. The number of ether oxygens (including phenoxy) is 1. The Morgan fingerprint density at radius 3 is 2.55 bits per heavy atom. The van der Waals surface area contributed by atoms with Gasteiger partial charge in [-0.2, -0.15) is 5.10 Å². The molecular weight excluding hydrogens is 436 g/mol. The van der Waals surface area contributed by atoms with Gasteiger partial charge in [0.15, 0.2) is 5.65 Å². The van der Waals surface area contributed by atoms with Gasteiger partial charge in [-0.1, -0.05) is 6.07 Å². The predicted molar refractivity (Wildman–Crippen MR) is 132 cm³/mol. The Labute approximate surface area is 199 Å². The van der Waals surface area contributed by atoms with Gasteiger partial charge in [0.2, 0.25) is 5.91 Å². The summed E-state index contributed by atoms with van der Waals surface area (Å²) < 4.78 is 7.07. The van der Waals surface area contributed by atoms with Crippen LogP contribution in [0.3, 0.4) is 0 Å². The van der Waals surface area contributed by atoms with Gasteiger partial charge < -0.3 is 10.1 Å². The van der Waals surface area contributed by atoms with E-state index in [1.54, 1.807) is 6.92 Å². The van der Waals surface area contributed by atoms with Gasteiger partial charge in [0.05, 0.1) is 30.3 Å². The number of nitrogens with one attached hydrogen (secondary N) is 1. The molecule has 3 heterocycles. The topological polar surface area (TPSA) is 86.1 Å². The molecule has 0 saturated carbocycles. The highest BCUT2D eigenvalue weighted by Gasteiger charge is 2.24. The first-order chi connectivity index (χ1) is 15.5. The number of hydrogen-bond donors (Lipinski definition) is 1. The molecule has 0 unspecified atom stereocenters. The molecule has 7 nitrogen and oxygen atoms in total. The second kappa shape index (κ2) is 10.0. The number of aryl methyl sites for hydroxylation is 3. The highest BCUT2D eigenvalue weighted by molar-refractivity contribution is 7.10. The standard InChI is InChI=1S/C25H34N4O3S/c1-8-32-22(31)14-19(20-10-9-13-33-20)27-21(30)12-11-18-15(2)23-17(4)28-29(25(5,6)7)24(23)26-16(18)3/h9-10,13,19H,8,11-12,14H2,1-7H3,(H,27,30)/t19-/m1/s1. The van der Waals surface area contributed by atoms with Crippen molar-refractivity contribution in [1.82, 2.24) is 20.1 Å². The van der Waals surface area contributed by atoms with Gasteiger partial charge in [-0.3, -0.25) is 9.59 Å². The molecule has 178 valence electrons. The minimum atomic E-state index is -0.383. The number of amides is 1. The van der Waals surface area contributed by atoms with Gasteiger partial charge in [0.1, 0.15) is 0 Å². The number of nitrogens with zero attached hydrogens (tertiary/aromatic N) is 3. The van der Waals surface area contributed by atoms with Gasteiger partial charge in [-0.15, -0.1) is 11.3 Å². The molecule has 3 aromatic rings. The Kier molecular flexibility index (Phi) is 7.57. The summed E-state index contributed by atoms with van der Waals surface area (Å²) >= 11 is 1.52. The number of rotatable bonds is 8. The fraction of sp³-hybridized carbons (Fsp3) is 0.520. The van der Waals surface area contributed by atoms with E-state index in [0.29, 0.717) is 19.4 Å². The first-order valence-corrected chi connectivity index (χ1v) is 12.2. The number of thiophene rings is 1. The molecule has 33 heavy (non-hydrogen) atoms. The Balaban J connectivity index is 1.78. The summed E-state index contributed by atoms with van der Waals surface area (Å²) in [6.07, 6.45) is 1.01. The quantitative estimate of drug-likeness (QED) is 0.473. The zero-order chi connectivity index (χ0) is 24.3. The van der Waals surface area contributed by atoms with E-state index in [2.05, 4.69) is 33.0 Å². The molecule has 0 fully saturated rings. The van der Waals surface area contributed by atoms with Crippen LogP contribution in [0.25, 0.3) is 11.0 Å². The number of pyridine rings is 1. The van der Waals surface area contributed by atoms with Crippen LogP contribution in [0, 0.1) is 20.8 Å². The van der Waals surface area contributed by atoms with E-state index in [1.165, 1.54) is 11.3 Å². The monoisotopic (exact) mass is 470 g/mol. The molecule has 0 aromatic carbocycles. The predicted octanol–water partition coefficient (Wildman–Crippen LogP) is 4.92. The number of hydrogen-bond acceptors (Lipinski definition) is 6. The lowest BCUT2D eigenvalue weighted by Crippen LogP contribution is -2.30. The Morgan fingerprint density at radius 2 is 1.94 bits per heavy atom. The van der Waals surface area contributed by atoms with Crippen LogP contribution in [-0.4, -0.2) is 33.2 Å². The maximum absolute atomic E-state index is 12.9. The fourth-order valence-electron chi connectivity index (χ4n) is 4.15. The lowest BCUT2D eigenvalue weighted by atomic mass is 9.98. The minimum absolute atomic E-state index is 0.0984. The first-order valence-electron chi connectivity index (χ1n) is 11.4. The lowest BCUT2D eigenvalue weighted by Gasteiger charge is -2.20. The zero-order valence-corrected chi connectivity index (χ0v) is 21.4. The molecule has 0 saturated heterocycles. The smallest absolute Gasteiger partial charge is 0.308 e. The maximum Gasteiger partial charge on any atom is 0.308 e. The number of fused-ring (bicyclic) bond motifs is 1. The number of carbonyl (C=O) groups excluding carboxylic acids is 2. The third kappa shape index (κ3) is 5.61. The van der Waals surface area contributed by atoms with Crippen LogP contribution < -0.4 is 5.32 Å². The summed E-state index contributed by atoms with van der Waals surface area (Å²) in [6, 6.07) is 3.46. The summed E-state index contributed by atoms with van der Waals surface area (Å²) in [5.41, 5.74) is 4.78. The van der Waals surface area contributed by atoms with E-state index in [-0.39, 0.29) is 29.9 Å². The molecule has 0 aliphatic rings. The highest BCUT2D eigenvalue weighted by Crippen LogP contribution is 2.30. The van der Waals surface area contributed by atoms with Crippen LogP contribution in [0.1, 0.15) is 74.0 Å². The van der Waals surface area contributed by atoms with Crippen molar-refractivity contribution in [3.8, 4) is 0 Å². The van der Waals surface area contributed by atoms with Crippen LogP contribution in [0.2, 0.25) is 0 Å².